The number of carbonyl (C=O) groups excluding carboxylic acids is 1. The molecular formula is C17H26N2O3. The summed E-state index contributed by atoms with van der Waals surface area (Å²) in [5, 5.41) is 10.0. The minimum atomic E-state index is -0.476. The van der Waals surface area contributed by atoms with Gasteiger partial charge in [-0.1, -0.05) is 30.3 Å². The summed E-state index contributed by atoms with van der Waals surface area (Å²) < 4.78 is 5.56. The summed E-state index contributed by atoms with van der Waals surface area (Å²) in [5.41, 5.74) is 6.35. The number of nitrogens with two attached hydrogens (primary N) is 1. The Morgan fingerprint density at radius 3 is 2.64 bits per heavy atom. The summed E-state index contributed by atoms with van der Waals surface area (Å²) >= 11 is 0. The number of aliphatic hydroxyl groups excluding tert-OH is 1. The van der Waals surface area contributed by atoms with Gasteiger partial charge in [-0.2, -0.15) is 0 Å². The third-order valence-electron chi connectivity index (χ3n) is 4.09. The van der Waals surface area contributed by atoms with Gasteiger partial charge < -0.3 is 20.5 Å². The van der Waals surface area contributed by atoms with Crippen molar-refractivity contribution in [2.45, 2.75) is 32.0 Å². The molecule has 1 atom stereocenters. The van der Waals surface area contributed by atoms with Crippen LogP contribution in [-0.2, 0) is 16.1 Å². The summed E-state index contributed by atoms with van der Waals surface area (Å²) in [6.07, 6.45) is 1.95. The predicted octanol–water partition coefficient (Wildman–Crippen LogP) is 1.15. The quantitative estimate of drug-likeness (QED) is 0.755. The molecule has 1 saturated heterocycles. The molecule has 1 heterocycles. The van der Waals surface area contributed by atoms with Gasteiger partial charge in [0.25, 0.3) is 0 Å². The average molecular weight is 306 g/mol. The zero-order chi connectivity index (χ0) is 15.8. The Morgan fingerprint density at radius 1 is 1.32 bits per heavy atom. The number of nitrogens with zero attached hydrogens (tertiary/aromatic N) is 1. The van der Waals surface area contributed by atoms with E-state index in [1.807, 2.05) is 30.3 Å². The zero-order valence-electron chi connectivity index (χ0n) is 13.0. The molecule has 1 aromatic rings. The van der Waals surface area contributed by atoms with Crippen molar-refractivity contribution in [3.63, 3.8) is 0 Å². The first-order chi connectivity index (χ1) is 10.6. The Hall–Kier alpha value is -1.43. The monoisotopic (exact) mass is 306 g/mol. The lowest BCUT2D eigenvalue weighted by Crippen LogP contribution is -2.40. The number of primary amides is 1. The molecule has 0 saturated carbocycles. The van der Waals surface area contributed by atoms with Crippen LogP contribution in [0, 0.1) is 5.92 Å². The summed E-state index contributed by atoms with van der Waals surface area (Å²) in [4.78, 5) is 13.1. The number of carbonyl (C=O) groups is 1. The smallest absolute Gasteiger partial charge is 0.217 e. The maximum atomic E-state index is 10.9. The Bertz CT molecular complexity index is 444. The van der Waals surface area contributed by atoms with Gasteiger partial charge in [-0.25, -0.2) is 0 Å². The van der Waals surface area contributed by atoms with Gasteiger partial charge in [-0.3, -0.25) is 4.79 Å². The molecule has 3 N–H and O–H groups in total. The van der Waals surface area contributed by atoms with E-state index in [-0.39, 0.29) is 5.91 Å². The van der Waals surface area contributed by atoms with Gasteiger partial charge in [0, 0.05) is 13.0 Å². The molecular weight excluding hydrogens is 280 g/mol. The van der Waals surface area contributed by atoms with E-state index in [1.54, 1.807) is 0 Å². The van der Waals surface area contributed by atoms with Crippen LogP contribution in [0.5, 0.6) is 0 Å². The van der Waals surface area contributed by atoms with Crippen molar-refractivity contribution < 1.29 is 14.6 Å². The minimum Gasteiger partial charge on any atom is -0.389 e. The standard InChI is InChI=1S/C17H26N2O3/c18-17(21)10-14-6-8-19(9-7-14)11-16(20)13-22-12-15-4-2-1-3-5-15/h1-5,14,16,20H,6-13H2,(H2,18,21)/t16-/m1/s1. The van der Waals surface area contributed by atoms with Crippen LogP contribution in [0.25, 0.3) is 0 Å². The summed E-state index contributed by atoms with van der Waals surface area (Å²) in [6, 6.07) is 9.95. The lowest BCUT2D eigenvalue weighted by atomic mass is 9.93. The topological polar surface area (TPSA) is 75.8 Å². The van der Waals surface area contributed by atoms with E-state index in [4.69, 9.17) is 10.5 Å². The lowest BCUT2D eigenvalue weighted by molar-refractivity contribution is -0.119. The van der Waals surface area contributed by atoms with E-state index in [9.17, 15) is 9.90 Å². The van der Waals surface area contributed by atoms with E-state index in [0.29, 0.717) is 32.1 Å². The van der Waals surface area contributed by atoms with Gasteiger partial charge in [-0.15, -0.1) is 0 Å². The lowest BCUT2D eigenvalue weighted by Gasteiger charge is -2.32. The van der Waals surface area contributed by atoms with Gasteiger partial charge in [0.15, 0.2) is 0 Å². The summed E-state index contributed by atoms with van der Waals surface area (Å²) in [5.74, 6) is 0.188. The van der Waals surface area contributed by atoms with E-state index in [2.05, 4.69) is 4.90 Å². The molecule has 1 aliphatic heterocycles. The number of hydrogen-bond acceptors (Lipinski definition) is 4. The fourth-order valence-corrected chi connectivity index (χ4v) is 2.90. The number of hydrogen-bond donors (Lipinski definition) is 2. The van der Waals surface area contributed by atoms with Crippen LogP contribution in [0.3, 0.4) is 0 Å². The van der Waals surface area contributed by atoms with Gasteiger partial charge in [0.05, 0.1) is 19.3 Å². The van der Waals surface area contributed by atoms with Crippen LogP contribution in [-0.4, -0.2) is 48.3 Å². The molecule has 1 amide bonds. The van der Waals surface area contributed by atoms with Crippen molar-refractivity contribution in [3.8, 4) is 0 Å². The van der Waals surface area contributed by atoms with Gasteiger partial charge in [-0.05, 0) is 37.4 Å². The molecule has 5 nitrogen and oxygen atoms in total. The molecule has 1 fully saturated rings. The number of likely N-dealkylation sites (tertiary alicyclic amines) is 1. The molecule has 5 heteroatoms. The first-order valence-electron chi connectivity index (χ1n) is 7.94. The predicted molar refractivity (Wildman–Crippen MR) is 85.1 cm³/mol. The molecule has 122 valence electrons. The molecule has 22 heavy (non-hydrogen) atoms. The highest BCUT2D eigenvalue weighted by molar-refractivity contribution is 5.73. The Morgan fingerprint density at radius 2 is 2.00 bits per heavy atom. The van der Waals surface area contributed by atoms with Crippen molar-refractivity contribution in [2.24, 2.45) is 11.7 Å². The second kappa shape index (κ2) is 8.88. The SMILES string of the molecule is NC(=O)CC1CCN(C[C@@H](O)COCc2ccccc2)CC1. The second-order valence-corrected chi connectivity index (χ2v) is 6.07. The molecule has 0 spiro atoms. The van der Waals surface area contributed by atoms with Gasteiger partial charge in [0.1, 0.15) is 0 Å². The maximum absolute atomic E-state index is 10.9. The van der Waals surface area contributed by atoms with Crippen LogP contribution in [0.2, 0.25) is 0 Å². The number of aliphatic hydroxyl groups is 1. The first kappa shape index (κ1) is 16.9. The van der Waals surface area contributed by atoms with Crippen LogP contribution in [0.15, 0.2) is 30.3 Å². The van der Waals surface area contributed by atoms with E-state index >= 15 is 0 Å². The minimum absolute atomic E-state index is 0.215. The average Bonchev–Trinajstić information content (AvgIpc) is 2.50. The number of rotatable bonds is 8. The van der Waals surface area contributed by atoms with Crippen LogP contribution in [0.4, 0.5) is 0 Å². The van der Waals surface area contributed by atoms with Crippen molar-refractivity contribution >= 4 is 5.91 Å². The third kappa shape index (κ3) is 6.13. The van der Waals surface area contributed by atoms with Crippen molar-refractivity contribution in [1.29, 1.82) is 0 Å². The molecule has 1 aromatic carbocycles. The largest absolute Gasteiger partial charge is 0.389 e. The third-order valence-corrected chi connectivity index (χ3v) is 4.09. The highest BCUT2D eigenvalue weighted by Gasteiger charge is 2.22. The number of β-amino-alcohol motifs (C(OH)–C–C–N with tert-alkyl or cyclic N) is 1. The van der Waals surface area contributed by atoms with Crippen LogP contribution < -0.4 is 5.73 Å². The molecule has 2 rings (SSSR count). The molecule has 0 aliphatic carbocycles. The fourth-order valence-electron chi connectivity index (χ4n) is 2.90. The van der Waals surface area contributed by atoms with Crippen molar-refractivity contribution in [2.75, 3.05) is 26.2 Å². The summed E-state index contributed by atoms with van der Waals surface area (Å²) in [6.45, 7) is 3.31. The van der Waals surface area contributed by atoms with Crippen molar-refractivity contribution in [1.82, 2.24) is 4.90 Å². The van der Waals surface area contributed by atoms with Gasteiger partial charge >= 0.3 is 0 Å². The number of piperidine rings is 1. The van der Waals surface area contributed by atoms with Gasteiger partial charge in [0.2, 0.25) is 5.91 Å². The maximum Gasteiger partial charge on any atom is 0.217 e. The normalized spacial score (nSPS) is 18.2. The van der Waals surface area contributed by atoms with Crippen LogP contribution >= 0.6 is 0 Å². The number of ether oxygens (including phenoxy) is 1. The summed E-state index contributed by atoms with van der Waals surface area (Å²) in [7, 11) is 0. The number of amides is 1. The Balaban J connectivity index is 1.59. The van der Waals surface area contributed by atoms with Crippen LogP contribution in [0.1, 0.15) is 24.8 Å². The molecule has 0 unspecified atom stereocenters. The highest BCUT2D eigenvalue weighted by atomic mass is 16.5. The number of benzene rings is 1. The first-order valence-corrected chi connectivity index (χ1v) is 7.94. The zero-order valence-corrected chi connectivity index (χ0v) is 13.0. The van der Waals surface area contributed by atoms with Crippen molar-refractivity contribution in [3.05, 3.63) is 35.9 Å². The highest BCUT2D eigenvalue weighted by Crippen LogP contribution is 2.20. The molecule has 0 bridgehead atoms. The van der Waals surface area contributed by atoms with E-state index in [1.165, 1.54) is 0 Å². The molecule has 0 aromatic heterocycles. The van der Waals surface area contributed by atoms with E-state index in [0.717, 1.165) is 31.5 Å². The Labute approximate surface area is 132 Å². The molecule has 0 radical (unpaired) electrons. The fraction of sp³-hybridized carbons (Fsp3) is 0.588. The van der Waals surface area contributed by atoms with E-state index < -0.39 is 6.10 Å². The Kier molecular flexibility index (Phi) is 6.83. The molecule has 1 aliphatic rings. The second-order valence-electron chi connectivity index (χ2n) is 6.07.